The quantitative estimate of drug-likeness (QED) is 0.780. The van der Waals surface area contributed by atoms with Crippen molar-refractivity contribution in [1.82, 2.24) is 20.2 Å². The summed E-state index contributed by atoms with van der Waals surface area (Å²) in [5.74, 6) is 0.213. The molecule has 0 saturated carbocycles. The molecule has 1 amide bonds. The van der Waals surface area contributed by atoms with Crippen molar-refractivity contribution in [3.05, 3.63) is 28.2 Å². The number of nitrogens with one attached hydrogen (secondary N) is 1. The number of carbonyl (C=O) groups is 1. The zero-order valence-electron chi connectivity index (χ0n) is 13.0. The lowest BCUT2D eigenvalue weighted by molar-refractivity contribution is -0.115. The molecule has 1 heterocycles. The van der Waals surface area contributed by atoms with Gasteiger partial charge in [-0.15, -0.1) is 5.10 Å². The Morgan fingerprint density at radius 3 is 2.78 bits per heavy atom. The van der Waals surface area contributed by atoms with Crippen molar-refractivity contribution in [2.75, 3.05) is 5.32 Å². The van der Waals surface area contributed by atoms with Gasteiger partial charge in [0.05, 0.1) is 21.0 Å². The van der Waals surface area contributed by atoms with Crippen molar-refractivity contribution in [2.45, 2.75) is 37.7 Å². The molecule has 1 unspecified atom stereocenters. The molecule has 1 aromatic heterocycles. The number of aromatic nitrogens is 4. The highest BCUT2D eigenvalue weighted by atomic mass is 35.5. The van der Waals surface area contributed by atoms with Crippen molar-refractivity contribution in [2.24, 2.45) is 5.92 Å². The van der Waals surface area contributed by atoms with Gasteiger partial charge in [0.1, 0.15) is 0 Å². The maximum atomic E-state index is 12.3. The molecule has 0 spiro atoms. The minimum absolute atomic E-state index is 0.196. The van der Waals surface area contributed by atoms with Gasteiger partial charge in [0.25, 0.3) is 0 Å². The van der Waals surface area contributed by atoms with Gasteiger partial charge in [-0.3, -0.25) is 4.79 Å². The number of hydrogen-bond donors (Lipinski definition) is 1. The molecule has 0 aliphatic rings. The van der Waals surface area contributed by atoms with Crippen LogP contribution in [-0.2, 0) is 11.3 Å². The second-order valence-corrected chi connectivity index (χ2v) is 7.48. The van der Waals surface area contributed by atoms with Crippen molar-refractivity contribution in [3.8, 4) is 0 Å². The molecule has 124 valence electrons. The molecule has 1 aromatic carbocycles. The van der Waals surface area contributed by atoms with Crippen LogP contribution in [-0.4, -0.2) is 31.4 Å². The Labute approximate surface area is 148 Å². The van der Waals surface area contributed by atoms with E-state index in [2.05, 4.69) is 34.7 Å². The molecular formula is C14H17Cl2N5OS. The average molecular weight is 374 g/mol. The van der Waals surface area contributed by atoms with E-state index in [1.165, 1.54) is 11.8 Å². The van der Waals surface area contributed by atoms with E-state index in [0.717, 1.165) is 0 Å². The smallest absolute Gasteiger partial charge is 0.237 e. The first kappa shape index (κ1) is 18.0. The Bertz CT molecular complexity index is 692. The van der Waals surface area contributed by atoms with Gasteiger partial charge in [-0.25, -0.2) is 4.68 Å². The number of amides is 1. The number of nitrogens with zero attached hydrogens (tertiary/aromatic N) is 4. The first-order valence-electron chi connectivity index (χ1n) is 7.06. The lowest BCUT2D eigenvalue weighted by Crippen LogP contribution is -2.23. The number of anilines is 1. The van der Waals surface area contributed by atoms with Crippen LogP contribution < -0.4 is 5.32 Å². The third kappa shape index (κ3) is 4.83. The number of rotatable bonds is 6. The Hall–Kier alpha value is -1.31. The predicted octanol–water partition coefficient (Wildman–Crippen LogP) is 3.76. The molecule has 0 aliphatic carbocycles. The average Bonchev–Trinajstić information content (AvgIpc) is 2.90. The minimum Gasteiger partial charge on any atom is -0.324 e. The largest absolute Gasteiger partial charge is 0.324 e. The van der Waals surface area contributed by atoms with Crippen LogP contribution in [0.4, 0.5) is 5.69 Å². The van der Waals surface area contributed by atoms with Crippen LogP contribution in [0.2, 0.25) is 10.0 Å². The molecule has 6 nitrogen and oxygen atoms in total. The van der Waals surface area contributed by atoms with E-state index < -0.39 is 0 Å². The summed E-state index contributed by atoms with van der Waals surface area (Å²) in [6.45, 7) is 6.64. The molecule has 0 radical (unpaired) electrons. The van der Waals surface area contributed by atoms with Gasteiger partial charge in [-0.1, -0.05) is 54.9 Å². The number of thioether (sulfide) groups is 1. The summed E-state index contributed by atoms with van der Waals surface area (Å²) in [5.41, 5.74) is 0.485. The number of carbonyl (C=O) groups excluding carboxylic acids is 1. The van der Waals surface area contributed by atoms with Crippen molar-refractivity contribution >= 4 is 46.6 Å². The van der Waals surface area contributed by atoms with E-state index in [-0.39, 0.29) is 11.2 Å². The fourth-order valence-electron chi connectivity index (χ4n) is 1.79. The summed E-state index contributed by atoms with van der Waals surface area (Å²) in [4.78, 5) is 12.3. The molecule has 0 aliphatic heterocycles. The van der Waals surface area contributed by atoms with Gasteiger partial charge < -0.3 is 5.32 Å². The zero-order valence-corrected chi connectivity index (χ0v) is 15.3. The van der Waals surface area contributed by atoms with E-state index in [4.69, 9.17) is 23.2 Å². The van der Waals surface area contributed by atoms with Crippen LogP contribution in [0.25, 0.3) is 0 Å². The van der Waals surface area contributed by atoms with Crippen LogP contribution in [0.1, 0.15) is 20.8 Å². The van der Waals surface area contributed by atoms with Crippen LogP contribution in [0.15, 0.2) is 23.4 Å². The zero-order chi connectivity index (χ0) is 17.0. The lowest BCUT2D eigenvalue weighted by Gasteiger charge is -2.13. The number of hydrogen-bond acceptors (Lipinski definition) is 5. The van der Waals surface area contributed by atoms with E-state index in [1.54, 1.807) is 29.8 Å². The van der Waals surface area contributed by atoms with Crippen molar-refractivity contribution in [1.29, 1.82) is 0 Å². The first-order valence-corrected chi connectivity index (χ1v) is 8.69. The van der Waals surface area contributed by atoms with Crippen LogP contribution >= 0.6 is 35.0 Å². The summed E-state index contributed by atoms with van der Waals surface area (Å²) < 4.78 is 1.70. The Morgan fingerprint density at radius 2 is 2.09 bits per heavy atom. The Morgan fingerprint density at radius 1 is 1.35 bits per heavy atom. The van der Waals surface area contributed by atoms with Crippen molar-refractivity contribution in [3.63, 3.8) is 0 Å². The van der Waals surface area contributed by atoms with Gasteiger partial charge in [0.2, 0.25) is 11.1 Å². The molecule has 1 N–H and O–H groups in total. The first-order chi connectivity index (χ1) is 10.9. The molecule has 1 atom stereocenters. The van der Waals surface area contributed by atoms with Crippen LogP contribution in [0.5, 0.6) is 0 Å². The number of tetrazole rings is 1. The third-order valence-corrected chi connectivity index (χ3v) is 4.79. The van der Waals surface area contributed by atoms with E-state index in [1.807, 2.05) is 0 Å². The van der Waals surface area contributed by atoms with E-state index >= 15 is 0 Å². The maximum Gasteiger partial charge on any atom is 0.237 e. The summed E-state index contributed by atoms with van der Waals surface area (Å²) in [5, 5.41) is 15.3. The van der Waals surface area contributed by atoms with Crippen LogP contribution in [0.3, 0.4) is 0 Å². The normalized spacial score (nSPS) is 12.4. The topological polar surface area (TPSA) is 72.7 Å². The summed E-state index contributed by atoms with van der Waals surface area (Å²) in [6.07, 6.45) is 0. The second kappa shape index (κ2) is 7.99. The molecule has 0 bridgehead atoms. The van der Waals surface area contributed by atoms with Gasteiger partial charge in [-0.2, -0.15) is 0 Å². The number of benzene rings is 1. The van der Waals surface area contributed by atoms with Gasteiger partial charge in [0, 0.05) is 6.54 Å². The van der Waals surface area contributed by atoms with E-state index in [9.17, 15) is 4.79 Å². The van der Waals surface area contributed by atoms with Gasteiger partial charge >= 0.3 is 0 Å². The summed E-state index contributed by atoms with van der Waals surface area (Å²) in [7, 11) is 0. The summed E-state index contributed by atoms with van der Waals surface area (Å²) >= 11 is 13.3. The molecule has 23 heavy (non-hydrogen) atoms. The second-order valence-electron chi connectivity index (χ2n) is 5.39. The van der Waals surface area contributed by atoms with Crippen molar-refractivity contribution < 1.29 is 4.79 Å². The Kier molecular flexibility index (Phi) is 6.26. The highest BCUT2D eigenvalue weighted by Crippen LogP contribution is 2.30. The SMILES string of the molecule is CC(C)Cn1nnnc1SC(C)C(=O)Nc1cccc(Cl)c1Cl. The number of halogens is 2. The molecule has 2 aromatic rings. The minimum atomic E-state index is -0.387. The van der Waals surface area contributed by atoms with E-state index in [0.29, 0.717) is 33.4 Å². The highest BCUT2D eigenvalue weighted by molar-refractivity contribution is 8.00. The molecular weight excluding hydrogens is 357 g/mol. The fourth-order valence-corrected chi connectivity index (χ4v) is 2.93. The fraction of sp³-hybridized carbons (Fsp3) is 0.429. The Balaban J connectivity index is 2.03. The van der Waals surface area contributed by atoms with Gasteiger partial charge in [0.15, 0.2) is 0 Å². The maximum absolute atomic E-state index is 12.3. The predicted molar refractivity (Wildman–Crippen MR) is 93.1 cm³/mol. The molecule has 0 saturated heterocycles. The molecule has 2 rings (SSSR count). The standard InChI is InChI=1S/C14H17Cl2N5OS/c1-8(2)7-21-14(18-19-20-21)23-9(3)13(22)17-11-6-4-5-10(15)12(11)16/h4-6,8-9H,7H2,1-3H3,(H,17,22). The van der Waals surface area contributed by atoms with Crippen LogP contribution in [0, 0.1) is 5.92 Å². The molecule has 9 heteroatoms. The van der Waals surface area contributed by atoms with Gasteiger partial charge in [-0.05, 0) is 35.4 Å². The summed E-state index contributed by atoms with van der Waals surface area (Å²) in [6, 6.07) is 5.09. The molecule has 0 fully saturated rings. The third-order valence-electron chi connectivity index (χ3n) is 2.90. The monoisotopic (exact) mass is 373 g/mol. The lowest BCUT2D eigenvalue weighted by atomic mass is 10.2. The highest BCUT2D eigenvalue weighted by Gasteiger charge is 2.20.